The van der Waals surface area contributed by atoms with Crippen LogP contribution >= 0.6 is 0 Å². The smallest absolute Gasteiger partial charge is 0.335 e. The van der Waals surface area contributed by atoms with E-state index >= 15 is 0 Å². The van der Waals surface area contributed by atoms with Gasteiger partial charge in [0.25, 0.3) is 0 Å². The predicted octanol–water partition coefficient (Wildman–Crippen LogP) is 1.71. The van der Waals surface area contributed by atoms with Crippen LogP contribution in [0.15, 0.2) is 46.5 Å². The van der Waals surface area contributed by atoms with Crippen molar-refractivity contribution in [2.24, 2.45) is 0 Å². The van der Waals surface area contributed by atoms with Crippen molar-refractivity contribution in [3.63, 3.8) is 0 Å². The van der Waals surface area contributed by atoms with Gasteiger partial charge in [-0.3, -0.25) is 4.79 Å². The summed E-state index contributed by atoms with van der Waals surface area (Å²) in [5, 5.41) is 0. The number of nitrogens with zero attached hydrogens (tertiary/aromatic N) is 1. The van der Waals surface area contributed by atoms with Crippen molar-refractivity contribution in [2.45, 2.75) is 19.4 Å². The van der Waals surface area contributed by atoms with Gasteiger partial charge in [0.15, 0.2) is 15.6 Å². The van der Waals surface area contributed by atoms with Crippen molar-refractivity contribution >= 4 is 21.6 Å². The molecule has 0 N–H and O–H groups in total. The van der Waals surface area contributed by atoms with E-state index < -0.39 is 21.8 Å². The first kappa shape index (κ1) is 19.2. The predicted molar refractivity (Wildman–Crippen MR) is 99.0 cm³/mol. The Bertz CT molecular complexity index is 943. The highest BCUT2D eigenvalue weighted by molar-refractivity contribution is 7.94. The van der Waals surface area contributed by atoms with Crippen molar-refractivity contribution < 1.29 is 27.5 Å². The minimum Gasteiger partial charge on any atom is -0.494 e. The molecule has 1 aromatic carbocycles. The number of hydrogen-bond donors (Lipinski definition) is 0. The Morgan fingerprint density at radius 2 is 1.89 bits per heavy atom. The van der Waals surface area contributed by atoms with E-state index in [9.17, 15) is 18.0 Å². The molecule has 0 amide bonds. The second-order valence-corrected chi connectivity index (χ2v) is 8.36. The molecular formula is C19H21NO6S. The molecule has 2 heterocycles. The van der Waals surface area contributed by atoms with Gasteiger partial charge in [-0.1, -0.05) is 0 Å². The van der Waals surface area contributed by atoms with Gasteiger partial charge in [-0.15, -0.1) is 0 Å². The lowest BCUT2D eigenvalue weighted by Gasteiger charge is -2.25. The van der Waals surface area contributed by atoms with E-state index in [1.807, 2.05) is 6.92 Å². The fourth-order valence-corrected chi connectivity index (χ4v) is 4.38. The lowest BCUT2D eigenvalue weighted by atomic mass is 10.0. The molecule has 0 fully saturated rings. The van der Waals surface area contributed by atoms with Gasteiger partial charge in [0.05, 0.1) is 24.2 Å². The molecule has 8 heteroatoms. The number of rotatable bonds is 6. The number of ether oxygens (including phenoxy) is 2. The molecule has 1 unspecified atom stereocenters. The molecule has 0 radical (unpaired) electrons. The van der Waals surface area contributed by atoms with Crippen molar-refractivity contribution in [1.29, 1.82) is 0 Å². The van der Waals surface area contributed by atoms with Crippen molar-refractivity contribution in [1.82, 2.24) is 4.90 Å². The minimum absolute atomic E-state index is 0.00233. The molecule has 0 bridgehead atoms. The zero-order valence-corrected chi connectivity index (χ0v) is 16.2. The summed E-state index contributed by atoms with van der Waals surface area (Å²) in [5.74, 6) is -0.212. The molecule has 144 valence electrons. The first-order valence-electron chi connectivity index (χ1n) is 8.54. The Hall–Kier alpha value is -2.61. The number of benzene rings is 1. The molecular weight excluding hydrogens is 370 g/mol. The number of sulfone groups is 1. The summed E-state index contributed by atoms with van der Waals surface area (Å²) in [6, 6.07) is 5.61. The lowest BCUT2D eigenvalue weighted by molar-refractivity contribution is -0.136. The number of carbonyl (C=O) groups is 2. The van der Waals surface area contributed by atoms with Crippen LogP contribution in [0.1, 0.15) is 23.7 Å². The maximum absolute atomic E-state index is 13.1. The Labute approximate surface area is 158 Å². The molecule has 3 rings (SSSR count). The highest BCUT2D eigenvalue weighted by atomic mass is 32.2. The number of hydrogen-bond acceptors (Lipinski definition) is 7. The van der Waals surface area contributed by atoms with Gasteiger partial charge in [-0.2, -0.15) is 0 Å². The van der Waals surface area contributed by atoms with Crippen LogP contribution in [0, 0.1) is 0 Å². The second kappa shape index (κ2) is 7.19. The summed E-state index contributed by atoms with van der Waals surface area (Å²) in [7, 11) is -2.36. The molecule has 0 aliphatic carbocycles. The van der Waals surface area contributed by atoms with Gasteiger partial charge in [0.2, 0.25) is 0 Å². The fraction of sp³-hybridized carbons (Fsp3) is 0.368. The van der Waals surface area contributed by atoms with E-state index in [1.54, 1.807) is 29.2 Å². The molecule has 7 nitrogen and oxygen atoms in total. The summed E-state index contributed by atoms with van der Waals surface area (Å²) < 4.78 is 34.7. The SMILES string of the molecule is CCOc1ccc(C(=O)C2C(S(C)(=O)=O)=CC3=C(C(=O)OC)CCN32)cc1. The summed E-state index contributed by atoms with van der Waals surface area (Å²) in [5.41, 5.74) is 1.22. The first-order chi connectivity index (χ1) is 12.8. The highest BCUT2D eigenvalue weighted by Crippen LogP contribution is 2.39. The normalized spacial score (nSPS) is 19.0. The van der Waals surface area contributed by atoms with Gasteiger partial charge in [-0.05, 0) is 43.7 Å². The van der Waals surface area contributed by atoms with Crippen LogP contribution in [0.4, 0.5) is 0 Å². The van der Waals surface area contributed by atoms with E-state index in [0.29, 0.717) is 42.2 Å². The molecule has 2 aliphatic heterocycles. The largest absolute Gasteiger partial charge is 0.494 e. The third kappa shape index (κ3) is 3.49. The Morgan fingerprint density at radius 1 is 1.22 bits per heavy atom. The quantitative estimate of drug-likeness (QED) is 0.539. The Kier molecular flexibility index (Phi) is 5.10. The average Bonchev–Trinajstić information content (AvgIpc) is 3.20. The summed E-state index contributed by atoms with van der Waals surface area (Å²) in [4.78, 5) is 26.8. The van der Waals surface area contributed by atoms with E-state index in [4.69, 9.17) is 9.47 Å². The van der Waals surface area contributed by atoms with Crippen LogP contribution in [0.2, 0.25) is 0 Å². The van der Waals surface area contributed by atoms with E-state index in [2.05, 4.69) is 0 Å². The summed E-state index contributed by atoms with van der Waals surface area (Å²) in [6.45, 7) is 2.75. The van der Waals surface area contributed by atoms with Crippen molar-refractivity contribution in [3.8, 4) is 5.75 Å². The maximum atomic E-state index is 13.1. The molecule has 0 saturated carbocycles. The second-order valence-electron chi connectivity index (χ2n) is 6.34. The number of fused-ring (bicyclic) bond motifs is 1. The molecule has 27 heavy (non-hydrogen) atoms. The molecule has 1 atom stereocenters. The van der Waals surface area contributed by atoms with Gasteiger partial charge >= 0.3 is 5.97 Å². The zero-order valence-electron chi connectivity index (χ0n) is 15.4. The first-order valence-corrected chi connectivity index (χ1v) is 10.4. The van der Waals surface area contributed by atoms with Crippen LogP contribution in [-0.4, -0.2) is 57.6 Å². The third-order valence-electron chi connectivity index (χ3n) is 4.64. The number of Topliss-reactive ketones (excluding diaryl/α,β-unsaturated/α-hetero) is 1. The summed E-state index contributed by atoms with van der Waals surface area (Å²) >= 11 is 0. The van der Waals surface area contributed by atoms with Gasteiger partial charge in [-0.25, -0.2) is 13.2 Å². The zero-order chi connectivity index (χ0) is 19.8. The van der Waals surface area contributed by atoms with Crippen molar-refractivity contribution in [2.75, 3.05) is 26.5 Å². The van der Waals surface area contributed by atoms with Crippen molar-refractivity contribution in [3.05, 3.63) is 52.1 Å². The number of methoxy groups -OCH3 is 1. The number of carbonyl (C=O) groups excluding carboxylic acids is 2. The minimum atomic E-state index is -3.63. The molecule has 2 aliphatic rings. The molecule has 0 spiro atoms. The van der Waals surface area contributed by atoms with Gasteiger partial charge in [0.1, 0.15) is 11.8 Å². The van der Waals surface area contributed by atoms with Crippen LogP contribution in [0.5, 0.6) is 5.75 Å². The van der Waals surface area contributed by atoms with Crippen LogP contribution in [0.25, 0.3) is 0 Å². The number of allylic oxidation sites excluding steroid dienone is 1. The van der Waals surface area contributed by atoms with Crippen LogP contribution in [-0.2, 0) is 19.4 Å². The standard InChI is InChI=1S/C19H21NO6S/c1-4-26-13-7-5-12(6-8-13)18(21)17-16(27(3,23)24)11-15-14(19(22)25-2)9-10-20(15)17/h5-8,11,17H,4,9-10H2,1-3H3. The number of ketones is 1. The van der Waals surface area contributed by atoms with E-state index in [-0.39, 0.29) is 10.7 Å². The Balaban J connectivity index is 2.01. The van der Waals surface area contributed by atoms with Gasteiger partial charge in [0, 0.05) is 24.1 Å². The van der Waals surface area contributed by atoms with E-state index in [1.165, 1.54) is 13.2 Å². The van der Waals surface area contributed by atoms with E-state index in [0.717, 1.165) is 6.26 Å². The Morgan fingerprint density at radius 3 is 2.44 bits per heavy atom. The topological polar surface area (TPSA) is 90.0 Å². The van der Waals surface area contributed by atoms with Crippen LogP contribution < -0.4 is 4.74 Å². The number of esters is 1. The summed E-state index contributed by atoms with van der Waals surface area (Å²) in [6.07, 6.45) is 2.90. The average molecular weight is 391 g/mol. The molecule has 0 saturated heterocycles. The maximum Gasteiger partial charge on any atom is 0.335 e. The van der Waals surface area contributed by atoms with Crippen LogP contribution in [0.3, 0.4) is 0 Å². The molecule has 0 aromatic heterocycles. The monoisotopic (exact) mass is 391 g/mol. The molecule has 1 aromatic rings. The highest BCUT2D eigenvalue weighted by Gasteiger charge is 2.44. The third-order valence-corrected chi connectivity index (χ3v) is 5.84. The fourth-order valence-electron chi connectivity index (χ4n) is 3.41. The van der Waals surface area contributed by atoms with Gasteiger partial charge < -0.3 is 14.4 Å². The lowest BCUT2D eigenvalue weighted by Crippen LogP contribution is -2.38.